The van der Waals surface area contributed by atoms with Crippen molar-refractivity contribution in [1.82, 2.24) is 25.3 Å². The van der Waals surface area contributed by atoms with Crippen LogP contribution in [0.25, 0.3) is 0 Å². The number of nitrogens with one attached hydrogen (secondary N) is 2. The van der Waals surface area contributed by atoms with Crippen LogP contribution in [-0.4, -0.2) is 212 Å². The van der Waals surface area contributed by atoms with Gasteiger partial charge in [0.1, 0.15) is 53.0 Å². The van der Waals surface area contributed by atoms with E-state index in [9.17, 15) is 14.4 Å². The van der Waals surface area contributed by atoms with Crippen molar-refractivity contribution in [2.45, 2.75) is 151 Å². The van der Waals surface area contributed by atoms with Gasteiger partial charge in [-0.25, -0.2) is 9.59 Å². The highest BCUT2D eigenvalue weighted by atomic mass is 79.9. The zero-order chi connectivity index (χ0) is 83.1. The fourth-order valence-electron chi connectivity index (χ4n) is 11.1. The largest absolute Gasteiger partial charge is 0.490 e. The number of rotatable bonds is 27. The van der Waals surface area contributed by atoms with E-state index < -0.39 is 11.2 Å². The fourth-order valence-corrected chi connectivity index (χ4v) is 12.7. The molecule has 0 bridgehead atoms. The standard InChI is InChI=1S/2C17H25NO3.C12H17NO.C11H15Br2N.C11H15Cl2N.C11H17NO2.C7H6O.C4H9Cl2N.2ClH/c2*1-13-5-7-14(8-6-13)20-15-9-11-18(12-10-15)16(19)21-17(2,3)4;1-10-2-4-11(5-3-10)14-12-6-8-13-9-7-12;1-10-2-4-11(5-3-10)14(8-6-12)9-7-13;12-6-8-14(9-7-13)10-11-4-2-1-3-5-11;1-10-2-4-11(5-3-10)12(6-8-13)7-9-14;8-6-7-4-2-1-3-5-7;5-1-3-7-4-2-6;;/h2*5-8,15H,9-12H2,1-4H3;2-5,12-13H,6-9H2,1H3;2-5H,6-9H2,1H3;1-5H,6-10H2;2-5,13-14H,6-9H2,1H3;1-6H;7H,1-4H2;2*1H. The molecule has 0 unspecified atom stereocenters. The number of aliphatic hydroxyl groups excluding tert-OH is 2. The van der Waals surface area contributed by atoms with E-state index in [2.05, 4.69) is 153 Å². The molecule has 0 radical (unpaired) electrons. The summed E-state index contributed by atoms with van der Waals surface area (Å²) in [6.45, 7) is 34.4. The van der Waals surface area contributed by atoms with Gasteiger partial charge in [0.15, 0.2) is 0 Å². The van der Waals surface area contributed by atoms with Gasteiger partial charge in [-0.2, -0.15) is 0 Å². The van der Waals surface area contributed by atoms with E-state index >= 15 is 0 Å². The molecule has 0 aliphatic carbocycles. The van der Waals surface area contributed by atoms with Crippen LogP contribution in [0.4, 0.5) is 21.0 Å². The van der Waals surface area contributed by atoms with Crippen LogP contribution >= 0.6 is 103 Å². The number of hydrogen-bond donors (Lipinski definition) is 4. The molecule has 7 aromatic rings. The molecule has 25 heteroatoms. The number of carbonyl (C=O) groups is 3. The summed E-state index contributed by atoms with van der Waals surface area (Å²) in [4.78, 5) is 44.1. The SMILES string of the molecule is Cc1ccc(N(CCBr)CCBr)cc1.Cc1ccc(N(CCO)CCO)cc1.Cc1ccc(OC2CCN(C(=O)OC(C)(C)C)CC2)cc1.Cc1ccc(OC2CCN(C(=O)OC(C)(C)C)CC2)cc1.Cc1ccc(OC2CCNCC2)cc1.Cl.Cl.ClCCN(CCCl)Cc1ccccc1.ClCCNCCCl.O=Cc1ccccc1. The Kier molecular flexibility index (Phi) is 59.9. The maximum absolute atomic E-state index is 12.0. The van der Waals surface area contributed by atoms with E-state index in [0.29, 0.717) is 68.9 Å². The topological polar surface area (TPSA) is 178 Å². The molecule has 3 saturated heterocycles. The average molecular weight is 1840 g/mol. The number of likely N-dealkylation sites (tertiary alicyclic amines) is 2. The molecule has 3 aliphatic rings. The normalized spacial score (nSPS) is 13.3. The summed E-state index contributed by atoms with van der Waals surface area (Å²) in [5, 5.41) is 26.1. The second-order valence-electron chi connectivity index (χ2n) is 29.3. The summed E-state index contributed by atoms with van der Waals surface area (Å²) in [5.41, 5.74) is 9.75. The molecule has 17 nitrogen and oxygen atoms in total. The molecule has 4 N–H and O–H groups in total. The Bertz CT molecular complexity index is 3360. The first kappa shape index (κ1) is 107. The highest BCUT2D eigenvalue weighted by molar-refractivity contribution is 9.09. The number of piperidine rings is 3. The molecular weight excluding hydrogens is 1710 g/mol. The van der Waals surface area contributed by atoms with Gasteiger partial charge in [-0.15, -0.1) is 71.2 Å². The molecule has 10 rings (SSSR count). The number of alkyl halides is 6. The molecule has 642 valence electrons. The fraction of sp³-hybridized carbons (Fsp3) is 0.500. The first-order chi connectivity index (χ1) is 54.3. The lowest BCUT2D eigenvalue weighted by atomic mass is 10.1. The quantitative estimate of drug-likeness (QED) is 0.0217. The molecule has 2 amide bonds. The third-order valence-electron chi connectivity index (χ3n) is 17.2. The van der Waals surface area contributed by atoms with Crippen LogP contribution in [0.2, 0.25) is 0 Å². The van der Waals surface area contributed by atoms with Gasteiger partial charge >= 0.3 is 12.2 Å². The lowest BCUT2D eigenvalue weighted by Crippen LogP contribution is -2.44. The first-order valence-corrected chi connectivity index (χ1v) is 43.7. The minimum Gasteiger partial charge on any atom is -0.490 e. The van der Waals surface area contributed by atoms with Crippen molar-refractivity contribution < 1.29 is 48.3 Å². The Hall–Kier alpha value is -5.75. The highest BCUT2D eigenvalue weighted by Gasteiger charge is 2.29. The van der Waals surface area contributed by atoms with Crippen LogP contribution in [0.3, 0.4) is 0 Å². The maximum Gasteiger partial charge on any atom is 0.410 e. The summed E-state index contributed by atoms with van der Waals surface area (Å²) in [6, 6.07) is 60.7. The Morgan fingerprint density at radius 2 is 0.774 bits per heavy atom. The summed E-state index contributed by atoms with van der Waals surface area (Å²) < 4.78 is 28.6. The van der Waals surface area contributed by atoms with E-state index in [1.54, 1.807) is 21.9 Å². The number of ether oxygens (including phenoxy) is 5. The lowest BCUT2D eigenvalue weighted by molar-refractivity contribution is 0.0115. The predicted molar refractivity (Wildman–Crippen MR) is 495 cm³/mol. The monoisotopic (exact) mass is 1840 g/mol. The zero-order valence-electron chi connectivity index (χ0n) is 69.6. The minimum atomic E-state index is -0.438. The van der Waals surface area contributed by atoms with Crippen molar-refractivity contribution in [2.24, 2.45) is 0 Å². The van der Waals surface area contributed by atoms with E-state index in [-0.39, 0.29) is 62.4 Å². The Labute approximate surface area is 738 Å². The van der Waals surface area contributed by atoms with Crippen molar-refractivity contribution >= 4 is 133 Å². The predicted octanol–water partition coefficient (Wildman–Crippen LogP) is 20.4. The number of aliphatic hydroxyl groups is 2. The van der Waals surface area contributed by atoms with Gasteiger partial charge < -0.3 is 64.1 Å². The molecule has 3 heterocycles. The number of halogens is 8. The molecule has 0 atom stereocenters. The minimum absolute atomic E-state index is 0. The number of aldehydes is 1. The number of amides is 2. The van der Waals surface area contributed by atoms with E-state index in [4.69, 9.17) is 80.3 Å². The summed E-state index contributed by atoms with van der Waals surface area (Å²) in [5.74, 6) is 5.44. The summed E-state index contributed by atoms with van der Waals surface area (Å²) >= 11 is 29.0. The van der Waals surface area contributed by atoms with Gasteiger partial charge in [-0.1, -0.05) is 181 Å². The highest BCUT2D eigenvalue weighted by Crippen LogP contribution is 2.25. The van der Waals surface area contributed by atoms with Crippen molar-refractivity contribution in [3.05, 3.63) is 221 Å². The average Bonchev–Trinajstić information content (AvgIpc) is 0.865. The molecule has 3 aliphatic heterocycles. The van der Waals surface area contributed by atoms with Gasteiger partial charge in [0, 0.05) is 162 Å². The van der Waals surface area contributed by atoms with Crippen molar-refractivity contribution in [1.29, 1.82) is 0 Å². The van der Waals surface area contributed by atoms with E-state index in [1.807, 2.05) is 150 Å². The second kappa shape index (κ2) is 64.2. The van der Waals surface area contributed by atoms with Gasteiger partial charge in [0.25, 0.3) is 0 Å². The maximum atomic E-state index is 12.0. The van der Waals surface area contributed by atoms with Crippen LogP contribution in [0.1, 0.15) is 124 Å². The third kappa shape index (κ3) is 51.4. The van der Waals surface area contributed by atoms with Gasteiger partial charge in [-0.3, -0.25) is 9.69 Å². The number of aryl methyl sites for hydroxylation is 5. The zero-order valence-corrected chi connectivity index (χ0v) is 77.4. The van der Waals surface area contributed by atoms with E-state index in [1.165, 1.54) is 39.1 Å². The van der Waals surface area contributed by atoms with Gasteiger partial charge in [0.2, 0.25) is 0 Å². The molecule has 3 fully saturated rings. The number of anilines is 2. The molecule has 0 spiro atoms. The number of nitrogens with zero attached hydrogens (tertiary/aromatic N) is 5. The number of carbonyl (C=O) groups excluding carboxylic acids is 3. The van der Waals surface area contributed by atoms with Crippen molar-refractivity contribution in [3.63, 3.8) is 0 Å². The third-order valence-corrected chi connectivity index (χ3v) is 18.6. The Morgan fingerprint density at radius 3 is 1.06 bits per heavy atom. The Morgan fingerprint density at radius 1 is 0.461 bits per heavy atom. The lowest BCUT2D eigenvalue weighted by Gasteiger charge is -2.33. The molecule has 7 aromatic carbocycles. The van der Waals surface area contributed by atoms with Gasteiger partial charge in [0.05, 0.1) is 13.2 Å². The van der Waals surface area contributed by atoms with E-state index in [0.717, 1.165) is 143 Å². The van der Waals surface area contributed by atoms with Crippen molar-refractivity contribution in [3.8, 4) is 17.2 Å². The van der Waals surface area contributed by atoms with Crippen LogP contribution in [0, 0.1) is 34.6 Å². The number of hydrogen-bond acceptors (Lipinski definition) is 15. The van der Waals surface area contributed by atoms with Crippen LogP contribution < -0.4 is 34.6 Å². The molecule has 115 heavy (non-hydrogen) atoms. The summed E-state index contributed by atoms with van der Waals surface area (Å²) in [6.07, 6.45) is 6.73. The molecule has 0 saturated carbocycles. The Balaban J connectivity index is 0.000000669. The first-order valence-electron chi connectivity index (χ1n) is 39.3. The van der Waals surface area contributed by atoms with Crippen LogP contribution in [0.15, 0.2) is 182 Å². The van der Waals surface area contributed by atoms with Crippen LogP contribution in [-0.2, 0) is 16.0 Å². The smallest absolute Gasteiger partial charge is 0.410 e. The second-order valence-corrected chi connectivity index (χ2v) is 32.4. The molecule has 0 aromatic heterocycles. The van der Waals surface area contributed by atoms with Crippen molar-refractivity contribution in [2.75, 3.05) is 149 Å². The molecular formula is C90H131Br2Cl6N7O10. The summed E-state index contributed by atoms with van der Waals surface area (Å²) in [7, 11) is 0. The van der Waals surface area contributed by atoms with Crippen LogP contribution in [0.5, 0.6) is 17.2 Å². The number of benzene rings is 7. The van der Waals surface area contributed by atoms with Gasteiger partial charge in [-0.05, 0) is 168 Å².